The average Bonchev–Trinajstić information content (AvgIpc) is 2.36. The molecule has 3 N–H and O–H groups in total. The molecule has 0 aromatic carbocycles. The summed E-state index contributed by atoms with van der Waals surface area (Å²) in [4.78, 5) is 11.7. The third-order valence-corrected chi connectivity index (χ3v) is 3.18. The Kier molecular flexibility index (Phi) is 8.12. The van der Waals surface area contributed by atoms with Gasteiger partial charge in [-0.15, -0.1) is 0 Å². The first kappa shape index (κ1) is 16.4. The minimum atomic E-state index is -0.363. The highest BCUT2D eigenvalue weighted by atomic mass is 16.5. The van der Waals surface area contributed by atoms with Gasteiger partial charge in [-0.1, -0.05) is 13.8 Å². The first-order valence-electron chi connectivity index (χ1n) is 6.20. The van der Waals surface area contributed by atoms with Crippen molar-refractivity contribution in [3.05, 3.63) is 0 Å². The van der Waals surface area contributed by atoms with Gasteiger partial charge in [0, 0.05) is 19.2 Å². The Bertz CT molecular complexity index is 210. The van der Waals surface area contributed by atoms with E-state index in [4.69, 9.17) is 4.74 Å². The summed E-state index contributed by atoms with van der Waals surface area (Å²) < 4.78 is 4.86. The second-order valence-corrected chi connectivity index (χ2v) is 4.30. The van der Waals surface area contributed by atoms with E-state index in [1.807, 2.05) is 13.8 Å². The van der Waals surface area contributed by atoms with Gasteiger partial charge in [-0.25, -0.2) is 0 Å². The maximum atomic E-state index is 11.7. The summed E-state index contributed by atoms with van der Waals surface area (Å²) in [7, 11) is 1.60. The second kappa shape index (κ2) is 8.44. The third-order valence-electron chi connectivity index (χ3n) is 3.18. The van der Waals surface area contributed by atoms with Gasteiger partial charge >= 0.3 is 0 Å². The smallest absolute Gasteiger partial charge is 0.236 e. The van der Waals surface area contributed by atoms with Crippen LogP contribution in [0.3, 0.4) is 0 Å². The summed E-state index contributed by atoms with van der Waals surface area (Å²) in [6, 6.07) is -0.320. The quantitative estimate of drug-likeness (QED) is 0.511. The molecular weight excluding hydrogens is 220 g/mol. The van der Waals surface area contributed by atoms with Gasteiger partial charge in [0.05, 0.1) is 19.3 Å². The highest BCUT2D eigenvalue weighted by Gasteiger charge is 2.28. The monoisotopic (exact) mass is 246 g/mol. The molecule has 1 amide bonds. The van der Waals surface area contributed by atoms with Crippen molar-refractivity contribution in [2.75, 3.05) is 26.9 Å². The van der Waals surface area contributed by atoms with Crippen molar-refractivity contribution in [3.8, 4) is 0 Å². The molecule has 1 atom stereocenters. The fourth-order valence-electron chi connectivity index (χ4n) is 1.68. The van der Waals surface area contributed by atoms with Crippen LogP contribution in [0, 0.1) is 0 Å². The molecule has 0 aliphatic heterocycles. The van der Waals surface area contributed by atoms with E-state index in [0.717, 1.165) is 12.8 Å². The zero-order valence-corrected chi connectivity index (χ0v) is 11.4. The standard InChI is InChI=1S/C12H26N2O3/c1-5-12(6-2,9-15)14-10(3)11(16)13-7-8-17-4/h10,14-15H,5-9H2,1-4H3,(H,13,16). The Morgan fingerprint density at radius 1 is 1.41 bits per heavy atom. The zero-order chi connectivity index (χ0) is 13.3. The number of aliphatic hydroxyl groups is 1. The van der Waals surface area contributed by atoms with Gasteiger partial charge in [0.2, 0.25) is 5.91 Å². The van der Waals surface area contributed by atoms with Crippen LogP contribution in [0.25, 0.3) is 0 Å². The second-order valence-electron chi connectivity index (χ2n) is 4.30. The highest BCUT2D eigenvalue weighted by molar-refractivity contribution is 5.81. The lowest BCUT2D eigenvalue weighted by Crippen LogP contribution is -2.56. The lowest BCUT2D eigenvalue weighted by atomic mass is 9.93. The minimum absolute atomic E-state index is 0.0374. The van der Waals surface area contributed by atoms with Gasteiger partial charge in [-0.05, 0) is 19.8 Å². The number of ether oxygens (including phenoxy) is 1. The third kappa shape index (κ3) is 5.48. The lowest BCUT2D eigenvalue weighted by Gasteiger charge is -2.33. The highest BCUT2D eigenvalue weighted by Crippen LogP contribution is 2.14. The number of methoxy groups -OCH3 is 1. The maximum absolute atomic E-state index is 11.7. The number of amides is 1. The molecule has 5 nitrogen and oxygen atoms in total. The molecule has 5 heteroatoms. The molecule has 102 valence electrons. The van der Waals surface area contributed by atoms with Crippen molar-refractivity contribution >= 4 is 5.91 Å². The molecule has 0 aromatic rings. The zero-order valence-electron chi connectivity index (χ0n) is 11.4. The van der Waals surface area contributed by atoms with Gasteiger partial charge < -0.3 is 15.2 Å². The first-order valence-corrected chi connectivity index (χ1v) is 6.20. The summed E-state index contributed by atoms with van der Waals surface area (Å²) in [6.07, 6.45) is 1.57. The van der Waals surface area contributed by atoms with Crippen molar-refractivity contribution in [1.82, 2.24) is 10.6 Å². The molecular formula is C12H26N2O3. The van der Waals surface area contributed by atoms with Crippen LogP contribution in [0.1, 0.15) is 33.6 Å². The molecule has 0 spiro atoms. The van der Waals surface area contributed by atoms with Crippen molar-refractivity contribution in [2.45, 2.75) is 45.2 Å². The van der Waals surface area contributed by atoms with Crippen molar-refractivity contribution in [1.29, 1.82) is 0 Å². The van der Waals surface area contributed by atoms with E-state index in [1.165, 1.54) is 0 Å². The van der Waals surface area contributed by atoms with Gasteiger partial charge in [-0.2, -0.15) is 0 Å². The first-order chi connectivity index (χ1) is 8.05. The van der Waals surface area contributed by atoms with Crippen LogP contribution in [0.2, 0.25) is 0 Å². The lowest BCUT2D eigenvalue weighted by molar-refractivity contribution is -0.123. The molecule has 0 rings (SSSR count). The van der Waals surface area contributed by atoms with E-state index in [9.17, 15) is 9.90 Å². The molecule has 0 aromatic heterocycles. The van der Waals surface area contributed by atoms with Crippen molar-refractivity contribution in [2.24, 2.45) is 0 Å². The number of hydrogen-bond donors (Lipinski definition) is 3. The van der Waals surface area contributed by atoms with E-state index in [1.54, 1.807) is 14.0 Å². The number of aliphatic hydroxyl groups excluding tert-OH is 1. The topological polar surface area (TPSA) is 70.6 Å². The number of carbonyl (C=O) groups excluding carboxylic acids is 1. The number of carbonyl (C=O) groups is 1. The Hall–Kier alpha value is -0.650. The molecule has 0 heterocycles. The summed E-state index contributed by atoms with van der Waals surface area (Å²) in [5, 5.41) is 15.4. The van der Waals surface area contributed by atoms with Crippen LogP contribution in [-0.4, -0.2) is 49.5 Å². The average molecular weight is 246 g/mol. The summed E-state index contributed by atoms with van der Waals surface area (Å²) in [6.45, 7) is 6.86. The Morgan fingerprint density at radius 3 is 2.41 bits per heavy atom. The molecule has 0 fully saturated rings. The molecule has 0 saturated carbocycles. The van der Waals surface area contributed by atoms with Gasteiger partial charge in [-0.3, -0.25) is 10.1 Å². The summed E-state index contributed by atoms with van der Waals surface area (Å²) in [5.74, 6) is -0.0678. The molecule has 0 aliphatic carbocycles. The van der Waals surface area contributed by atoms with E-state index >= 15 is 0 Å². The molecule has 0 saturated heterocycles. The fourth-order valence-corrected chi connectivity index (χ4v) is 1.68. The van der Waals surface area contributed by atoms with Crippen LogP contribution in [0.4, 0.5) is 0 Å². The fraction of sp³-hybridized carbons (Fsp3) is 0.917. The number of hydrogen-bond acceptors (Lipinski definition) is 4. The van der Waals surface area contributed by atoms with Crippen molar-refractivity contribution in [3.63, 3.8) is 0 Å². The maximum Gasteiger partial charge on any atom is 0.236 e. The van der Waals surface area contributed by atoms with E-state index in [2.05, 4.69) is 10.6 Å². The Labute approximate surface area is 104 Å². The number of nitrogens with one attached hydrogen (secondary N) is 2. The van der Waals surface area contributed by atoms with Gasteiger partial charge in [0.15, 0.2) is 0 Å². The van der Waals surface area contributed by atoms with Crippen molar-refractivity contribution < 1.29 is 14.6 Å². The Morgan fingerprint density at radius 2 is 2.00 bits per heavy atom. The predicted molar refractivity (Wildman–Crippen MR) is 67.9 cm³/mol. The van der Waals surface area contributed by atoms with Crippen LogP contribution >= 0.6 is 0 Å². The van der Waals surface area contributed by atoms with Crippen LogP contribution in [0.15, 0.2) is 0 Å². The minimum Gasteiger partial charge on any atom is -0.394 e. The van der Waals surface area contributed by atoms with E-state index < -0.39 is 0 Å². The molecule has 0 aliphatic rings. The van der Waals surface area contributed by atoms with Crippen LogP contribution in [-0.2, 0) is 9.53 Å². The molecule has 0 bridgehead atoms. The molecule has 1 unspecified atom stereocenters. The largest absolute Gasteiger partial charge is 0.394 e. The normalized spacial score (nSPS) is 13.5. The molecule has 17 heavy (non-hydrogen) atoms. The summed E-state index contributed by atoms with van der Waals surface area (Å²) in [5.41, 5.74) is -0.363. The van der Waals surface area contributed by atoms with E-state index in [0.29, 0.717) is 13.2 Å². The van der Waals surface area contributed by atoms with Crippen LogP contribution < -0.4 is 10.6 Å². The molecule has 0 radical (unpaired) electrons. The predicted octanol–water partition coefficient (Wildman–Crippen LogP) is 0.278. The Balaban J connectivity index is 4.21. The van der Waals surface area contributed by atoms with Gasteiger partial charge in [0.1, 0.15) is 0 Å². The summed E-state index contributed by atoms with van der Waals surface area (Å²) >= 11 is 0. The van der Waals surface area contributed by atoms with E-state index in [-0.39, 0.29) is 24.1 Å². The number of rotatable bonds is 9. The van der Waals surface area contributed by atoms with Gasteiger partial charge in [0.25, 0.3) is 0 Å². The van der Waals surface area contributed by atoms with Crippen LogP contribution in [0.5, 0.6) is 0 Å². The SMILES string of the molecule is CCC(CC)(CO)NC(C)C(=O)NCCOC.